The topological polar surface area (TPSA) is 53.4 Å². The molecule has 1 fully saturated rings. The van der Waals surface area contributed by atoms with Gasteiger partial charge in [0.05, 0.1) is 11.0 Å². The van der Waals surface area contributed by atoms with Crippen LogP contribution in [0, 0.1) is 0 Å². The van der Waals surface area contributed by atoms with Crippen molar-refractivity contribution in [3.63, 3.8) is 0 Å². The van der Waals surface area contributed by atoms with E-state index in [4.69, 9.17) is 4.98 Å². The molecule has 0 aliphatic carbocycles. The molecule has 6 nitrogen and oxygen atoms in total. The second kappa shape index (κ2) is 8.71. The van der Waals surface area contributed by atoms with E-state index in [1.165, 1.54) is 12.1 Å². The number of imidazole rings is 1. The molecule has 0 radical (unpaired) electrons. The maximum atomic E-state index is 12.9. The Hall–Kier alpha value is -3.64. The number of carbonyl (C=O) groups excluding carboxylic acids is 1. The summed E-state index contributed by atoms with van der Waals surface area (Å²) in [7, 11) is 6.27. The lowest BCUT2D eigenvalue weighted by Gasteiger charge is -2.22. The van der Waals surface area contributed by atoms with Gasteiger partial charge in [-0.3, -0.25) is 4.79 Å². The van der Waals surface area contributed by atoms with Crippen LogP contribution in [0.5, 0.6) is 0 Å². The van der Waals surface area contributed by atoms with Crippen LogP contribution < -0.4 is 10.2 Å². The third kappa shape index (κ3) is 4.22. The first-order valence-electron chi connectivity index (χ1n) is 11.3. The van der Waals surface area contributed by atoms with Gasteiger partial charge in [-0.05, 0) is 63.0 Å². The molecule has 3 aromatic carbocycles. The molecule has 168 valence electrons. The molecule has 1 unspecified atom stereocenters. The fraction of sp³-hybridized carbons (Fsp3) is 0.259. The molecule has 4 aromatic rings. The minimum Gasteiger partial charge on any atom is -0.370 e. The zero-order valence-corrected chi connectivity index (χ0v) is 19.3. The van der Waals surface area contributed by atoms with Gasteiger partial charge in [0.15, 0.2) is 0 Å². The lowest BCUT2D eigenvalue weighted by Crippen LogP contribution is -2.31. The number of nitrogens with zero attached hydrogens (tertiary/aromatic N) is 4. The normalized spacial score (nSPS) is 16.0. The predicted molar refractivity (Wildman–Crippen MR) is 135 cm³/mol. The predicted octanol–water partition coefficient (Wildman–Crippen LogP) is 4.63. The third-order valence-electron chi connectivity index (χ3n) is 6.56. The van der Waals surface area contributed by atoms with E-state index < -0.39 is 0 Å². The number of rotatable bonds is 5. The summed E-state index contributed by atoms with van der Waals surface area (Å²) in [5.41, 5.74) is 5.44. The van der Waals surface area contributed by atoms with Gasteiger partial charge in [-0.1, -0.05) is 30.3 Å². The van der Waals surface area contributed by atoms with E-state index in [1.54, 1.807) is 0 Å². The minimum absolute atomic E-state index is 0.134. The van der Waals surface area contributed by atoms with Crippen molar-refractivity contribution < 1.29 is 4.79 Å². The molecule has 1 aliphatic rings. The van der Waals surface area contributed by atoms with Gasteiger partial charge in [0.1, 0.15) is 5.82 Å². The Morgan fingerprint density at radius 3 is 2.48 bits per heavy atom. The molecular weight excluding hydrogens is 410 g/mol. The van der Waals surface area contributed by atoms with Crippen molar-refractivity contribution in [2.75, 3.05) is 37.4 Å². The highest BCUT2D eigenvalue weighted by molar-refractivity contribution is 6.06. The summed E-state index contributed by atoms with van der Waals surface area (Å²) in [4.78, 5) is 22.4. The highest BCUT2D eigenvalue weighted by Gasteiger charge is 2.24. The van der Waals surface area contributed by atoms with Crippen molar-refractivity contribution in [1.82, 2.24) is 14.5 Å². The van der Waals surface area contributed by atoms with Crippen LogP contribution in [0.1, 0.15) is 16.8 Å². The smallest absolute Gasteiger partial charge is 0.255 e. The molecule has 6 heteroatoms. The van der Waals surface area contributed by atoms with E-state index in [0.717, 1.165) is 41.2 Å². The summed E-state index contributed by atoms with van der Waals surface area (Å²) < 4.78 is 2.06. The number of aryl methyl sites for hydroxylation is 1. The number of amides is 1. The van der Waals surface area contributed by atoms with Gasteiger partial charge in [0.25, 0.3) is 5.91 Å². The summed E-state index contributed by atoms with van der Waals surface area (Å²) in [5.74, 6) is 0.752. The lowest BCUT2D eigenvalue weighted by atomic mass is 10.1. The lowest BCUT2D eigenvalue weighted by molar-refractivity contribution is 0.102. The molecule has 2 heterocycles. The molecule has 1 atom stereocenters. The standard InChI is InChI=1S/C27H29N5O/c1-30(2)23-15-16-32(18-23)22-12-10-21(11-13-22)28-27(33)20-9-14-25-24(17-20)29-26(31(25)3)19-7-5-4-6-8-19/h4-14,17,23H,15-16,18H2,1-3H3,(H,28,33). The average Bonchev–Trinajstić information content (AvgIpc) is 3.45. The molecule has 1 aromatic heterocycles. The summed E-state index contributed by atoms with van der Waals surface area (Å²) in [5, 5.41) is 3.02. The number of nitrogens with one attached hydrogen (secondary N) is 1. The van der Waals surface area contributed by atoms with E-state index in [0.29, 0.717) is 11.6 Å². The second-order valence-electron chi connectivity index (χ2n) is 8.92. The first-order valence-corrected chi connectivity index (χ1v) is 11.3. The maximum Gasteiger partial charge on any atom is 0.255 e. The quantitative estimate of drug-likeness (QED) is 0.493. The van der Waals surface area contributed by atoms with E-state index in [2.05, 4.69) is 45.9 Å². The van der Waals surface area contributed by atoms with Gasteiger partial charge in [-0.15, -0.1) is 0 Å². The Balaban J connectivity index is 1.31. The van der Waals surface area contributed by atoms with Crippen LogP contribution >= 0.6 is 0 Å². The number of hydrogen-bond acceptors (Lipinski definition) is 4. The molecule has 5 rings (SSSR count). The Kier molecular flexibility index (Phi) is 5.60. The van der Waals surface area contributed by atoms with Crippen LogP contribution in [0.25, 0.3) is 22.4 Å². The molecule has 33 heavy (non-hydrogen) atoms. The van der Waals surface area contributed by atoms with Crippen molar-refractivity contribution in [2.24, 2.45) is 7.05 Å². The van der Waals surface area contributed by atoms with Gasteiger partial charge in [0.2, 0.25) is 0 Å². The maximum absolute atomic E-state index is 12.9. The van der Waals surface area contributed by atoms with Crippen LogP contribution in [0.2, 0.25) is 0 Å². The molecule has 1 N–H and O–H groups in total. The fourth-order valence-corrected chi connectivity index (χ4v) is 4.54. The summed E-state index contributed by atoms with van der Waals surface area (Å²) in [6, 6.07) is 24.5. The third-order valence-corrected chi connectivity index (χ3v) is 6.56. The Labute approximate surface area is 194 Å². The van der Waals surface area contributed by atoms with Gasteiger partial charge in [0, 0.05) is 48.7 Å². The Morgan fingerprint density at radius 1 is 1.03 bits per heavy atom. The van der Waals surface area contributed by atoms with Crippen molar-refractivity contribution in [1.29, 1.82) is 0 Å². The molecule has 1 saturated heterocycles. The van der Waals surface area contributed by atoms with Gasteiger partial charge < -0.3 is 19.7 Å². The van der Waals surface area contributed by atoms with E-state index in [9.17, 15) is 4.79 Å². The van der Waals surface area contributed by atoms with Crippen LogP contribution in [0.4, 0.5) is 11.4 Å². The molecule has 0 saturated carbocycles. The summed E-state index contributed by atoms with van der Waals surface area (Å²) >= 11 is 0. The van der Waals surface area contributed by atoms with Crippen LogP contribution in [-0.2, 0) is 7.05 Å². The van der Waals surface area contributed by atoms with Crippen molar-refractivity contribution in [3.8, 4) is 11.4 Å². The molecule has 1 amide bonds. The number of aromatic nitrogens is 2. The highest BCUT2D eigenvalue weighted by atomic mass is 16.1. The van der Waals surface area contributed by atoms with Gasteiger partial charge in [-0.2, -0.15) is 0 Å². The largest absolute Gasteiger partial charge is 0.370 e. The Bertz CT molecular complexity index is 1280. The number of benzene rings is 3. The highest BCUT2D eigenvalue weighted by Crippen LogP contribution is 2.26. The summed E-state index contributed by atoms with van der Waals surface area (Å²) in [6.07, 6.45) is 1.17. The van der Waals surface area contributed by atoms with Crippen LogP contribution in [0.3, 0.4) is 0 Å². The fourth-order valence-electron chi connectivity index (χ4n) is 4.54. The van der Waals surface area contributed by atoms with Gasteiger partial charge >= 0.3 is 0 Å². The molecule has 0 bridgehead atoms. The second-order valence-corrected chi connectivity index (χ2v) is 8.92. The van der Waals surface area contributed by atoms with Crippen LogP contribution in [0.15, 0.2) is 72.8 Å². The molecule has 1 aliphatic heterocycles. The minimum atomic E-state index is -0.134. The van der Waals surface area contributed by atoms with E-state index in [-0.39, 0.29) is 5.91 Å². The SMILES string of the molecule is CN(C)C1CCN(c2ccc(NC(=O)c3ccc4c(c3)nc(-c3ccccc3)n4C)cc2)C1. The van der Waals surface area contributed by atoms with Crippen LogP contribution in [-0.4, -0.2) is 53.6 Å². The number of hydrogen-bond donors (Lipinski definition) is 1. The monoisotopic (exact) mass is 439 g/mol. The van der Waals surface area contributed by atoms with Crippen molar-refractivity contribution >= 4 is 28.3 Å². The number of fused-ring (bicyclic) bond motifs is 1. The number of anilines is 2. The Morgan fingerprint density at radius 2 is 1.79 bits per heavy atom. The molecular formula is C27H29N5O. The van der Waals surface area contributed by atoms with Crippen molar-refractivity contribution in [2.45, 2.75) is 12.5 Å². The zero-order chi connectivity index (χ0) is 22.9. The van der Waals surface area contributed by atoms with E-state index >= 15 is 0 Å². The zero-order valence-electron chi connectivity index (χ0n) is 19.3. The first-order chi connectivity index (χ1) is 16.0. The van der Waals surface area contributed by atoms with E-state index in [1.807, 2.05) is 67.7 Å². The molecule has 0 spiro atoms. The van der Waals surface area contributed by atoms with Gasteiger partial charge in [-0.25, -0.2) is 4.98 Å². The summed E-state index contributed by atoms with van der Waals surface area (Å²) in [6.45, 7) is 2.09. The first kappa shape index (κ1) is 21.2. The average molecular weight is 440 g/mol. The van der Waals surface area contributed by atoms with Crippen molar-refractivity contribution in [3.05, 3.63) is 78.4 Å². The number of likely N-dealkylation sites (N-methyl/N-ethyl adjacent to an activating group) is 1. The number of carbonyl (C=O) groups is 1.